The molecule has 1 aliphatic heterocycles. The van der Waals surface area contributed by atoms with Crippen molar-refractivity contribution in [3.63, 3.8) is 0 Å². The lowest BCUT2D eigenvalue weighted by atomic mass is 10.1. The van der Waals surface area contributed by atoms with Gasteiger partial charge in [0.05, 0.1) is 10.9 Å². The van der Waals surface area contributed by atoms with Crippen LogP contribution in [0, 0.1) is 6.92 Å². The zero-order valence-electron chi connectivity index (χ0n) is 14.1. The van der Waals surface area contributed by atoms with Gasteiger partial charge < -0.3 is 10.6 Å². The summed E-state index contributed by atoms with van der Waals surface area (Å²) in [5.74, 6) is 0.496. The van der Waals surface area contributed by atoms with Crippen LogP contribution in [0.5, 0.6) is 0 Å². The molecule has 1 amide bonds. The van der Waals surface area contributed by atoms with Crippen molar-refractivity contribution in [2.45, 2.75) is 43.5 Å². The number of primary amides is 1. The minimum atomic E-state index is -0.354. The summed E-state index contributed by atoms with van der Waals surface area (Å²) in [6, 6.07) is 8.26. The predicted octanol–water partition coefficient (Wildman–Crippen LogP) is 2.53. The molecule has 0 aliphatic carbocycles. The Kier molecular flexibility index (Phi) is 5.08. The van der Waals surface area contributed by atoms with Crippen LogP contribution < -0.4 is 10.6 Å². The van der Waals surface area contributed by atoms with E-state index in [1.54, 1.807) is 6.92 Å². The third kappa shape index (κ3) is 3.56. The van der Waals surface area contributed by atoms with Gasteiger partial charge in [-0.15, -0.1) is 10.2 Å². The first-order valence-electron chi connectivity index (χ1n) is 8.29. The molecule has 2 heterocycles. The smallest absolute Gasteiger partial charge is 0.232 e. The van der Waals surface area contributed by atoms with Gasteiger partial charge in [0.2, 0.25) is 11.9 Å². The highest BCUT2D eigenvalue weighted by atomic mass is 32.2. The number of nitrogens with zero attached hydrogens (tertiary/aromatic N) is 4. The number of carbonyl (C=O) groups is 1. The normalized spacial score (nSPS) is 16.2. The summed E-state index contributed by atoms with van der Waals surface area (Å²) >= 11 is 1.35. The van der Waals surface area contributed by atoms with Gasteiger partial charge in [0.1, 0.15) is 0 Å². The Labute approximate surface area is 146 Å². The van der Waals surface area contributed by atoms with Gasteiger partial charge in [0, 0.05) is 13.1 Å². The molecule has 0 unspecified atom stereocenters. The lowest BCUT2D eigenvalue weighted by Gasteiger charge is -2.28. The van der Waals surface area contributed by atoms with Gasteiger partial charge in [-0.25, -0.2) is 0 Å². The van der Waals surface area contributed by atoms with E-state index in [9.17, 15) is 4.79 Å². The number of nitrogens with two attached hydrogens (primary N) is 1. The Hall–Kier alpha value is -2.02. The molecule has 0 bridgehead atoms. The Morgan fingerprint density at radius 3 is 2.46 bits per heavy atom. The Morgan fingerprint density at radius 2 is 1.83 bits per heavy atom. The third-order valence-electron chi connectivity index (χ3n) is 4.23. The summed E-state index contributed by atoms with van der Waals surface area (Å²) in [6.07, 6.45) is 3.59. The zero-order chi connectivity index (χ0) is 17.1. The summed E-state index contributed by atoms with van der Waals surface area (Å²) in [6.45, 7) is 5.83. The van der Waals surface area contributed by atoms with Crippen molar-refractivity contribution in [2.24, 2.45) is 5.73 Å². The largest absolute Gasteiger partial charge is 0.369 e. The van der Waals surface area contributed by atoms with Gasteiger partial charge in [0.25, 0.3) is 0 Å². The quantitative estimate of drug-likeness (QED) is 0.843. The highest BCUT2D eigenvalue weighted by Gasteiger charge is 2.23. The van der Waals surface area contributed by atoms with Crippen molar-refractivity contribution >= 4 is 23.6 Å². The molecular weight excluding hydrogens is 322 g/mol. The number of hydrogen-bond donors (Lipinski definition) is 1. The van der Waals surface area contributed by atoms with E-state index >= 15 is 0 Å². The van der Waals surface area contributed by atoms with E-state index in [1.165, 1.54) is 36.6 Å². The Balaban J connectivity index is 2.01. The number of hydrogen-bond acceptors (Lipinski definition) is 5. The minimum absolute atomic E-state index is 0.349. The minimum Gasteiger partial charge on any atom is -0.369 e. The molecule has 6 nitrogen and oxygen atoms in total. The molecule has 0 saturated carbocycles. The van der Waals surface area contributed by atoms with E-state index in [4.69, 9.17) is 5.73 Å². The second kappa shape index (κ2) is 7.25. The first-order chi connectivity index (χ1) is 11.6. The molecule has 1 atom stereocenters. The molecule has 7 heteroatoms. The maximum absolute atomic E-state index is 11.4. The second-order valence-electron chi connectivity index (χ2n) is 6.16. The third-order valence-corrected chi connectivity index (χ3v) is 5.29. The highest BCUT2D eigenvalue weighted by molar-refractivity contribution is 8.00. The molecule has 1 aromatic heterocycles. The number of amides is 1. The van der Waals surface area contributed by atoms with E-state index in [0.717, 1.165) is 24.7 Å². The summed E-state index contributed by atoms with van der Waals surface area (Å²) in [7, 11) is 0. The summed E-state index contributed by atoms with van der Waals surface area (Å²) < 4.78 is 2.04. The number of carbonyl (C=O) groups excluding carboxylic acids is 1. The van der Waals surface area contributed by atoms with Crippen LogP contribution in [0.2, 0.25) is 0 Å². The number of thioether (sulfide) groups is 1. The number of rotatable bonds is 5. The fourth-order valence-corrected chi connectivity index (χ4v) is 3.59. The van der Waals surface area contributed by atoms with Gasteiger partial charge in [-0.1, -0.05) is 29.5 Å². The van der Waals surface area contributed by atoms with Gasteiger partial charge in [-0.3, -0.25) is 9.36 Å². The first kappa shape index (κ1) is 16.8. The topological polar surface area (TPSA) is 77.0 Å². The number of aryl methyl sites for hydroxylation is 1. The Bertz CT molecular complexity index is 706. The van der Waals surface area contributed by atoms with Crippen LogP contribution in [0.3, 0.4) is 0 Å². The van der Waals surface area contributed by atoms with E-state index in [1.807, 2.05) is 4.57 Å². The predicted molar refractivity (Wildman–Crippen MR) is 96.7 cm³/mol. The molecule has 1 aromatic carbocycles. The van der Waals surface area contributed by atoms with Crippen LogP contribution in [0.4, 0.5) is 5.95 Å². The molecule has 1 aliphatic rings. The van der Waals surface area contributed by atoms with Crippen LogP contribution in [0.25, 0.3) is 5.69 Å². The number of aromatic nitrogens is 3. The Morgan fingerprint density at radius 1 is 1.17 bits per heavy atom. The van der Waals surface area contributed by atoms with Crippen molar-refractivity contribution < 1.29 is 4.79 Å². The fraction of sp³-hybridized carbons (Fsp3) is 0.471. The number of piperidine rings is 1. The number of benzene rings is 1. The maximum atomic E-state index is 11.4. The summed E-state index contributed by atoms with van der Waals surface area (Å²) in [5, 5.41) is 9.10. The van der Waals surface area contributed by atoms with E-state index in [2.05, 4.69) is 46.3 Å². The van der Waals surface area contributed by atoms with Crippen molar-refractivity contribution in [1.82, 2.24) is 14.8 Å². The molecule has 2 aromatic rings. The molecule has 0 radical (unpaired) electrons. The van der Waals surface area contributed by atoms with Gasteiger partial charge in [0.15, 0.2) is 5.16 Å². The van der Waals surface area contributed by atoms with Gasteiger partial charge >= 0.3 is 0 Å². The molecule has 0 spiro atoms. The van der Waals surface area contributed by atoms with Crippen molar-refractivity contribution in [3.05, 3.63) is 29.8 Å². The average molecular weight is 345 g/mol. The van der Waals surface area contributed by atoms with E-state index in [-0.39, 0.29) is 11.2 Å². The SMILES string of the molecule is Cc1ccc(-n2c(S[C@H](C)C(N)=O)nnc2N2CCCCC2)cc1. The van der Waals surface area contributed by atoms with Crippen molar-refractivity contribution in [1.29, 1.82) is 0 Å². The lowest BCUT2D eigenvalue weighted by molar-refractivity contribution is -0.117. The second-order valence-corrected chi connectivity index (χ2v) is 7.47. The van der Waals surface area contributed by atoms with Crippen LogP contribution in [-0.2, 0) is 4.79 Å². The maximum Gasteiger partial charge on any atom is 0.232 e. The molecular formula is C17H23N5OS. The fourth-order valence-electron chi connectivity index (χ4n) is 2.77. The molecule has 128 valence electrons. The van der Waals surface area contributed by atoms with Crippen LogP contribution in [-0.4, -0.2) is 39.0 Å². The van der Waals surface area contributed by atoms with E-state index in [0.29, 0.717) is 5.16 Å². The van der Waals surface area contributed by atoms with Crippen molar-refractivity contribution in [3.8, 4) is 5.69 Å². The summed E-state index contributed by atoms with van der Waals surface area (Å²) in [4.78, 5) is 13.7. The molecule has 3 rings (SSSR count). The van der Waals surface area contributed by atoms with Gasteiger partial charge in [-0.2, -0.15) is 0 Å². The molecule has 1 fully saturated rings. The van der Waals surface area contributed by atoms with Crippen LogP contribution in [0.15, 0.2) is 29.4 Å². The van der Waals surface area contributed by atoms with Gasteiger partial charge in [-0.05, 0) is 45.2 Å². The standard InChI is InChI=1S/C17H23N5OS/c1-12-6-8-14(9-7-12)22-16(21-10-4-3-5-11-21)19-20-17(22)24-13(2)15(18)23/h6-9,13H,3-5,10-11H2,1-2H3,(H2,18,23)/t13-/m1/s1. The lowest BCUT2D eigenvalue weighted by Crippen LogP contribution is -2.31. The number of anilines is 1. The van der Waals surface area contributed by atoms with Crippen molar-refractivity contribution in [2.75, 3.05) is 18.0 Å². The van der Waals surface area contributed by atoms with Crippen LogP contribution >= 0.6 is 11.8 Å². The monoisotopic (exact) mass is 345 g/mol. The van der Waals surface area contributed by atoms with Crippen LogP contribution in [0.1, 0.15) is 31.7 Å². The molecule has 2 N–H and O–H groups in total. The van der Waals surface area contributed by atoms with E-state index < -0.39 is 0 Å². The highest BCUT2D eigenvalue weighted by Crippen LogP contribution is 2.30. The summed E-state index contributed by atoms with van der Waals surface area (Å²) in [5.41, 5.74) is 7.62. The molecule has 24 heavy (non-hydrogen) atoms. The average Bonchev–Trinajstić information content (AvgIpc) is 3.00. The first-order valence-corrected chi connectivity index (χ1v) is 9.17. The zero-order valence-corrected chi connectivity index (χ0v) is 14.9. The molecule has 1 saturated heterocycles.